The molecular formula is C16H19Cl2N3. The van der Waals surface area contributed by atoms with Crippen LogP contribution in [0, 0.1) is 0 Å². The lowest BCUT2D eigenvalue weighted by atomic mass is 10.1. The fourth-order valence-corrected chi connectivity index (χ4v) is 2.32. The number of benzene rings is 1. The van der Waals surface area contributed by atoms with Crippen molar-refractivity contribution in [3.8, 4) is 0 Å². The summed E-state index contributed by atoms with van der Waals surface area (Å²) in [6, 6.07) is 7.62. The summed E-state index contributed by atoms with van der Waals surface area (Å²) in [5.41, 5.74) is 2.09. The van der Waals surface area contributed by atoms with E-state index in [1.54, 1.807) is 6.07 Å². The van der Waals surface area contributed by atoms with Crippen molar-refractivity contribution < 1.29 is 0 Å². The van der Waals surface area contributed by atoms with Crippen molar-refractivity contribution in [1.82, 2.24) is 9.97 Å². The highest BCUT2D eigenvalue weighted by Crippen LogP contribution is 2.24. The molecule has 0 saturated carbocycles. The molecule has 2 rings (SSSR count). The Morgan fingerprint density at radius 1 is 1.10 bits per heavy atom. The molecule has 0 unspecified atom stereocenters. The van der Waals surface area contributed by atoms with Crippen LogP contribution in [-0.2, 0) is 6.42 Å². The number of nitrogens with one attached hydrogen (secondary N) is 1. The molecule has 0 atom stereocenters. The first kappa shape index (κ1) is 16.1. The van der Waals surface area contributed by atoms with Gasteiger partial charge < -0.3 is 5.32 Å². The van der Waals surface area contributed by atoms with E-state index in [9.17, 15) is 0 Å². The van der Waals surface area contributed by atoms with Crippen LogP contribution in [0.2, 0.25) is 10.0 Å². The second kappa shape index (κ2) is 7.10. The lowest BCUT2D eigenvalue weighted by Crippen LogP contribution is -2.07. The van der Waals surface area contributed by atoms with E-state index in [4.69, 9.17) is 23.2 Å². The molecule has 1 aromatic heterocycles. The summed E-state index contributed by atoms with van der Waals surface area (Å²) >= 11 is 12.0. The van der Waals surface area contributed by atoms with Crippen LogP contribution in [0.4, 0.5) is 5.82 Å². The van der Waals surface area contributed by atoms with E-state index in [1.165, 1.54) is 0 Å². The molecule has 0 spiro atoms. The van der Waals surface area contributed by atoms with Crippen LogP contribution in [0.1, 0.15) is 43.8 Å². The van der Waals surface area contributed by atoms with Crippen LogP contribution in [0.25, 0.3) is 0 Å². The predicted molar refractivity (Wildman–Crippen MR) is 89.6 cm³/mol. The van der Waals surface area contributed by atoms with E-state index >= 15 is 0 Å². The van der Waals surface area contributed by atoms with Crippen molar-refractivity contribution in [2.75, 3.05) is 11.9 Å². The smallest absolute Gasteiger partial charge is 0.135 e. The van der Waals surface area contributed by atoms with Crippen LogP contribution >= 0.6 is 23.2 Å². The molecule has 0 saturated heterocycles. The van der Waals surface area contributed by atoms with E-state index in [-0.39, 0.29) is 0 Å². The van der Waals surface area contributed by atoms with Gasteiger partial charge in [-0.25, -0.2) is 9.97 Å². The van der Waals surface area contributed by atoms with Crippen LogP contribution in [-0.4, -0.2) is 16.5 Å². The van der Waals surface area contributed by atoms with Crippen LogP contribution in [0.5, 0.6) is 0 Å². The van der Waals surface area contributed by atoms with Gasteiger partial charge in [0, 0.05) is 24.7 Å². The van der Waals surface area contributed by atoms with Crippen LogP contribution in [0.15, 0.2) is 24.3 Å². The van der Waals surface area contributed by atoms with Crippen molar-refractivity contribution in [2.45, 2.75) is 33.1 Å². The highest BCUT2D eigenvalue weighted by Gasteiger charge is 2.09. The van der Waals surface area contributed by atoms with Gasteiger partial charge in [-0.2, -0.15) is 0 Å². The number of hydrogen-bond acceptors (Lipinski definition) is 3. The Labute approximate surface area is 135 Å². The van der Waals surface area contributed by atoms with Crippen molar-refractivity contribution in [1.29, 1.82) is 0 Å². The fraction of sp³-hybridized carbons (Fsp3) is 0.375. The van der Waals surface area contributed by atoms with Crippen LogP contribution in [0.3, 0.4) is 0 Å². The molecule has 5 heteroatoms. The minimum Gasteiger partial charge on any atom is -0.370 e. The topological polar surface area (TPSA) is 37.8 Å². The maximum atomic E-state index is 6.06. The Morgan fingerprint density at radius 2 is 1.86 bits per heavy atom. The van der Waals surface area contributed by atoms with Crippen molar-refractivity contribution >= 4 is 29.0 Å². The SMILES string of the molecule is CCNc1cc(C(C)C)nc(Cc2ccc(Cl)c(Cl)c2)n1. The molecule has 3 nitrogen and oxygen atoms in total. The summed E-state index contributed by atoms with van der Waals surface area (Å²) in [6.07, 6.45) is 0.635. The monoisotopic (exact) mass is 323 g/mol. The van der Waals surface area contributed by atoms with Gasteiger partial charge in [-0.15, -0.1) is 0 Å². The first-order chi connectivity index (χ1) is 9.99. The zero-order valence-corrected chi connectivity index (χ0v) is 14.0. The maximum Gasteiger partial charge on any atom is 0.135 e. The number of nitrogens with zero attached hydrogens (tertiary/aromatic N) is 2. The largest absolute Gasteiger partial charge is 0.370 e. The van der Waals surface area contributed by atoms with E-state index in [0.29, 0.717) is 22.4 Å². The Kier molecular flexibility index (Phi) is 5.43. The zero-order chi connectivity index (χ0) is 15.4. The first-order valence-electron chi connectivity index (χ1n) is 7.05. The summed E-state index contributed by atoms with van der Waals surface area (Å²) in [6.45, 7) is 7.14. The summed E-state index contributed by atoms with van der Waals surface area (Å²) < 4.78 is 0. The molecule has 21 heavy (non-hydrogen) atoms. The zero-order valence-electron chi connectivity index (χ0n) is 12.5. The van der Waals surface area contributed by atoms with Crippen molar-refractivity contribution in [2.24, 2.45) is 0 Å². The van der Waals surface area contributed by atoms with Gasteiger partial charge in [-0.3, -0.25) is 0 Å². The third kappa shape index (κ3) is 4.32. The third-order valence-electron chi connectivity index (χ3n) is 3.09. The molecule has 0 amide bonds. The van der Waals surface area contributed by atoms with E-state index in [1.807, 2.05) is 18.2 Å². The van der Waals surface area contributed by atoms with E-state index in [0.717, 1.165) is 29.4 Å². The average Bonchev–Trinajstić information content (AvgIpc) is 2.43. The molecule has 1 aromatic carbocycles. The van der Waals surface area contributed by atoms with Gasteiger partial charge in [0.25, 0.3) is 0 Å². The predicted octanol–water partition coefficient (Wildman–Crippen LogP) is 4.93. The Hall–Kier alpha value is -1.32. The normalized spacial score (nSPS) is 11.0. The molecule has 0 bridgehead atoms. The number of rotatable bonds is 5. The number of halogens is 2. The molecule has 0 aliphatic rings. The van der Waals surface area contributed by atoms with Gasteiger partial charge in [0.1, 0.15) is 11.6 Å². The fourth-order valence-electron chi connectivity index (χ4n) is 2.00. The Balaban J connectivity index is 2.31. The van der Waals surface area contributed by atoms with Gasteiger partial charge in [-0.05, 0) is 30.5 Å². The molecule has 0 aliphatic heterocycles. The van der Waals surface area contributed by atoms with E-state index in [2.05, 4.69) is 36.1 Å². The van der Waals surface area contributed by atoms with Gasteiger partial charge in [0.2, 0.25) is 0 Å². The minimum atomic E-state index is 0.359. The van der Waals surface area contributed by atoms with Gasteiger partial charge in [0.05, 0.1) is 10.0 Å². The van der Waals surface area contributed by atoms with Gasteiger partial charge >= 0.3 is 0 Å². The molecule has 2 aromatic rings. The molecule has 112 valence electrons. The molecular weight excluding hydrogens is 305 g/mol. The molecule has 0 aliphatic carbocycles. The van der Waals surface area contributed by atoms with Crippen molar-refractivity contribution in [3.05, 3.63) is 51.4 Å². The van der Waals surface area contributed by atoms with Crippen LogP contribution < -0.4 is 5.32 Å². The molecule has 1 N–H and O–H groups in total. The van der Waals surface area contributed by atoms with Crippen molar-refractivity contribution in [3.63, 3.8) is 0 Å². The summed E-state index contributed by atoms with van der Waals surface area (Å²) in [7, 11) is 0. The Bertz CT molecular complexity index is 627. The van der Waals surface area contributed by atoms with Gasteiger partial charge in [-0.1, -0.05) is 43.1 Å². The second-order valence-corrected chi connectivity index (χ2v) is 6.02. The summed E-state index contributed by atoms with van der Waals surface area (Å²) in [4.78, 5) is 9.19. The summed E-state index contributed by atoms with van der Waals surface area (Å²) in [5, 5.41) is 4.37. The Morgan fingerprint density at radius 3 is 2.48 bits per heavy atom. The highest BCUT2D eigenvalue weighted by atomic mass is 35.5. The lowest BCUT2D eigenvalue weighted by Gasteiger charge is -2.11. The maximum absolute atomic E-state index is 6.06. The van der Waals surface area contributed by atoms with E-state index < -0.39 is 0 Å². The lowest BCUT2D eigenvalue weighted by molar-refractivity contribution is 0.792. The number of aromatic nitrogens is 2. The number of anilines is 1. The first-order valence-corrected chi connectivity index (χ1v) is 7.80. The summed E-state index contributed by atoms with van der Waals surface area (Å²) in [5.74, 6) is 2.01. The number of hydrogen-bond donors (Lipinski definition) is 1. The standard InChI is InChI=1S/C16H19Cl2N3/c1-4-19-15-9-14(10(2)3)20-16(21-15)8-11-5-6-12(17)13(18)7-11/h5-7,9-10H,4,8H2,1-3H3,(H,19,20,21). The molecule has 0 fully saturated rings. The minimum absolute atomic E-state index is 0.359. The van der Waals surface area contributed by atoms with Gasteiger partial charge in [0.15, 0.2) is 0 Å². The third-order valence-corrected chi connectivity index (χ3v) is 3.83. The highest BCUT2D eigenvalue weighted by molar-refractivity contribution is 6.42. The molecule has 0 radical (unpaired) electrons. The quantitative estimate of drug-likeness (QED) is 0.847. The molecule has 1 heterocycles. The second-order valence-electron chi connectivity index (χ2n) is 5.20. The average molecular weight is 324 g/mol.